The Labute approximate surface area is 132 Å². The van der Waals surface area contributed by atoms with Crippen LogP contribution < -0.4 is 4.90 Å². The van der Waals surface area contributed by atoms with E-state index in [0.717, 1.165) is 22.4 Å². The van der Waals surface area contributed by atoms with Gasteiger partial charge in [-0.3, -0.25) is 4.79 Å². The minimum atomic E-state index is -1.41. The molecule has 4 nitrogen and oxygen atoms in total. The molecule has 0 bridgehead atoms. The van der Waals surface area contributed by atoms with Crippen molar-refractivity contribution in [1.82, 2.24) is 0 Å². The highest BCUT2D eigenvalue weighted by Crippen LogP contribution is 2.43. The maximum absolute atomic E-state index is 13.0. The Balaban J connectivity index is 2.48. The van der Waals surface area contributed by atoms with Gasteiger partial charge < -0.3 is 14.4 Å². The Kier molecular flexibility index (Phi) is 4.84. The van der Waals surface area contributed by atoms with E-state index in [1.54, 1.807) is 4.90 Å². The highest BCUT2D eigenvalue weighted by atomic mass is 16.7. The summed E-state index contributed by atoms with van der Waals surface area (Å²) in [5.41, 5.74) is 3.24. The van der Waals surface area contributed by atoms with Crippen LogP contribution in [0.3, 0.4) is 0 Å². The topological polar surface area (TPSA) is 38.8 Å². The maximum Gasteiger partial charge on any atom is 0.292 e. The number of hydrogen-bond donors (Lipinski definition) is 0. The number of nitrogens with zero attached hydrogens (tertiary/aromatic N) is 1. The number of benzene rings is 1. The fourth-order valence-electron chi connectivity index (χ4n) is 2.47. The number of carbonyl (C=O) groups excluding carboxylic acids is 1. The van der Waals surface area contributed by atoms with Crippen LogP contribution in [0.5, 0.6) is 0 Å². The van der Waals surface area contributed by atoms with Crippen LogP contribution in [-0.4, -0.2) is 25.7 Å². The van der Waals surface area contributed by atoms with E-state index in [1.807, 2.05) is 45.0 Å². The monoisotopic (exact) mass is 301 g/mol. The summed E-state index contributed by atoms with van der Waals surface area (Å²) < 4.78 is 11.8. The van der Waals surface area contributed by atoms with Gasteiger partial charge >= 0.3 is 0 Å². The van der Waals surface area contributed by atoms with E-state index in [-0.39, 0.29) is 19.1 Å². The zero-order valence-corrected chi connectivity index (χ0v) is 13.5. The maximum atomic E-state index is 13.0. The van der Waals surface area contributed by atoms with Crippen molar-refractivity contribution in [1.29, 1.82) is 0 Å². The lowest BCUT2D eigenvalue weighted by atomic mass is 10.1. The second kappa shape index (κ2) is 6.46. The van der Waals surface area contributed by atoms with Crippen molar-refractivity contribution in [2.45, 2.75) is 26.6 Å². The van der Waals surface area contributed by atoms with Gasteiger partial charge in [-0.1, -0.05) is 42.5 Å². The first-order valence-corrected chi connectivity index (χ1v) is 7.40. The average Bonchev–Trinajstić information content (AvgIpc) is 2.72. The molecule has 1 aliphatic rings. The van der Waals surface area contributed by atoms with Crippen molar-refractivity contribution < 1.29 is 14.3 Å². The van der Waals surface area contributed by atoms with Crippen molar-refractivity contribution in [3.8, 4) is 0 Å². The predicted molar refractivity (Wildman–Crippen MR) is 87.7 cm³/mol. The Morgan fingerprint density at radius 2 is 1.68 bits per heavy atom. The van der Waals surface area contributed by atoms with Crippen LogP contribution in [0.4, 0.5) is 5.69 Å². The van der Waals surface area contributed by atoms with E-state index in [9.17, 15) is 4.79 Å². The number of para-hydroxylation sites is 1. The summed E-state index contributed by atoms with van der Waals surface area (Å²) >= 11 is 0. The SMILES string of the molecule is C=C(C)COC1(OCC(=C)C)C(=O)N(CC)c2ccccc21. The summed E-state index contributed by atoms with van der Waals surface area (Å²) in [6, 6.07) is 7.57. The molecule has 1 amide bonds. The van der Waals surface area contributed by atoms with Crippen LogP contribution in [0.1, 0.15) is 26.3 Å². The standard InChI is InChI=1S/C18H23NO3/c1-6-19-16-10-8-7-9-15(16)18(17(19)20,21-11-13(2)3)22-12-14(4)5/h7-10H,2,4,6,11-12H2,1,3,5H3. The molecule has 0 fully saturated rings. The minimum Gasteiger partial charge on any atom is -0.334 e. The molecule has 1 aromatic rings. The molecule has 0 aromatic heterocycles. The van der Waals surface area contributed by atoms with E-state index in [4.69, 9.17) is 9.47 Å². The predicted octanol–water partition coefficient (Wildman–Crippen LogP) is 3.39. The van der Waals surface area contributed by atoms with Crippen LogP contribution in [0.15, 0.2) is 48.6 Å². The molecule has 0 spiro atoms. The number of likely N-dealkylation sites (N-methyl/N-ethyl adjacent to an activating group) is 1. The zero-order chi connectivity index (χ0) is 16.3. The Hall–Kier alpha value is -1.91. The highest BCUT2D eigenvalue weighted by Gasteiger charge is 2.53. The lowest BCUT2D eigenvalue weighted by Gasteiger charge is -2.29. The molecule has 0 aliphatic carbocycles. The van der Waals surface area contributed by atoms with Gasteiger partial charge in [0.15, 0.2) is 0 Å². The summed E-state index contributed by atoms with van der Waals surface area (Å²) in [6.07, 6.45) is 0. The largest absolute Gasteiger partial charge is 0.334 e. The second-order valence-electron chi connectivity index (χ2n) is 5.67. The molecule has 0 unspecified atom stereocenters. The van der Waals surface area contributed by atoms with E-state index in [1.165, 1.54) is 0 Å². The molecule has 0 saturated heterocycles. The molecule has 1 heterocycles. The molecule has 0 saturated carbocycles. The Morgan fingerprint density at radius 3 is 2.18 bits per heavy atom. The van der Waals surface area contributed by atoms with Crippen LogP contribution in [0.2, 0.25) is 0 Å². The fraction of sp³-hybridized carbons (Fsp3) is 0.389. The number of fused-ring (bicyclic) bond motifs is 1. The summed E-state index contributed by atoms with van der Waals surface area (Å²) in [5.74, 6) is -1.61. The van der Waals surface area contributed by atoms with E-state index in [2.05, 4.69) is 13.2 Å². The van der Waals surface area contributed by atoms with E-state index >= 15 is 0 Å². The zero-order valence-electron chi connectivity index (χ0n) is 13.5. The number of rotatable bonds is 7. The van der Waals surface area contributed by atoms with Crippen LogP contribution in [0, 0.1) is 0 Å². The van der Waals surface area contributed by atoms with Crippen molar-refractivity contribution >= 4 is 11.6 Å². The smallest absolute Gasteiger partial charge is 0.292 e. The van der Waals surface area contributed by atoms with Gasteiger partial charge in [-0.15, -0.1) is 0 Å². The number of carbonyl (C=O) groups is 1. The Bertz CT molecular complexity index is 588. The molecule has 118 valence electrons. The quantitative estimate of drug-likeness (QED) is 0.572. The first kappa shape index (κ1) is 16.5. The molecular weight excluding hydrogens is 278 g/mol. The first-order chi connectivity index (χ1) is 10.4. The summed E-state index contributed by atoms with van der Waals surface area (Å²) in [5, 5.41) is 0. The van der Waals surface area contributed by atoms with Gasteiger partial charge in [0.25, 0.3) is 11.7 Å². The van der Waals surface area contributed by atoms with Gasteiger partial charge in [0.1, 0.15) is 0 Å². The van der Waals surface area contributed by atoms with Gasteiger partial charge in [-0.05, 0) is 26.8 Å². The van der Waals surface area contributed by atoms with Crippen molar-refractivity contribution in [2.75, 3.05) is 24.7 Å². The molecule has 0 atom stereocenters. The highest BCUT2D eigenvalue weighted by molar-refractivity contribution is 6.06. The van der Waals surface area contributed by atoms with E-state index in [0.29, 0.717) is 6.54 Å². The lowest BCUT2D eigenvalue weighted by Crippen LogP contribution is -2.45. The third-order valence-electron chi connectivity index (χ3n) is 3.44. The van der Waals surface area contributed by atoms with Gasteiger partial charge in [-0.2, -0.15) is 0 Å². The third-order valence-corrected chi connectivity index (χ3v) is 3.44. The van der Waals surface area contributed by atoms with Crippen LogP contribution in [-0.2, 0) is 20.1 Å². The summed E-state index contributed by atoms with van der Waals surface area (Å²) in [7, 11) is 0. The molecule has 22 heavy (non-hydrogen) atoms. The fourth-order valence-corrected chi connectivity index (χ4v) is 2.47. The van der Waals surface area contributed by atoms with Crippen LogP contribution in [0.25, 0.3) is 0 Å². The molecule has 1 aliphatic heterocycles. The lowest BCUT2D eigenvalue weighted by molar-refractivity contribution is -0.225. The van der Waals surface area contributed by atoms with Crippen molar-refractivity contribution in [3.05, 3.63) is 54.1 Å². The third kappa shape index (κ3) is 2.85. The Morgan fingerprint density at radius 1 is 1.14 bits per heavy atom. The molecule has 4 heteroatoms. The molecule has 0 N–H and O–H groups in total. The first-order valence-electron chi connectivity index (χ1n) is 7.40. The van der Waals surface area contributed by atoms with Gasteiger partial charge in [0.2, 0.25) is 0 Å². The van der Waals surface area contributed by atoms with Gasteiger partial charge in [-0.25, -0.2) is 0 Å². The van der Waals surface area contributed by atoms with Crippen LogP contribution >= 0.6 is 0 Å². The van der Waals surface area contributed by atoms with Gasteiger partial charge in [0, 0.05) is 12.1 Å². The molecule has 0 radical (unpaired) electrons. The summed E-state index contributed by atoms with van der Waals surface area (Å²) in [6.45, 7) is 14.4. The second-order valence-corrected chi connectivity index (χ2v) is 5.67. The number of amides is 1. The number of ether oxygens (including phenoxy) is 2. The number of anilines is 1. The molecule has 1 aromatic carbocycles. The van der Waals surface area contributed by atoms with Crippen molar-refractivity contribution in [3.63, 3.8) is 0 Å². The normalized spacial score (nSPS) is 15.8. The average molecular weight is 301 g/mol. The van der Waals surface area contributed by atoms with E-state index < -0.39 is 5.79 Å². The van der Waals surface area contributed by atoms with Gasteiger partial charge in [0.05, 0.1) is 18.9 Å². The molecule has 2 rings (SSSR count). The minimum absolute atomic E-state index is 0.196. The summed E-state index contributed by atoms with van der Waals surface area (Å²) in [4.78, 5) is 14.6. The number of hydrogen-bond acceptors (Lipinski definition) is 3. The van der Waals surface area contributed by atoms with Crippen molar-refractivity contribution in [2.24, 2.45) is 0 Å². The molecular formula is C18H23NO3.